The highest BCUT2D eigenvalue weighted by Gasteiger charge is 2.14. The maximum atomic E-state index is 13.0. The van der Waals surface area contributed by atoms with Crippen molar-refractivity contribution in [3.8, 4) is 5.75 Å². The van der Waals surface area contributed by atoms with Crippen LogP contribution in [0.2, 0.25) is 0 Å². The number of Topliss-reactive ketones (excluding diaryl/α,β-unsaturated/α-hetero) is 1. The molecule has 1 aromatic carbocycles. The summed E-state index contributed by atoms with van der Waals surface area (Å²) in [4.78, 5) is 11.4. The van der Waals surface area contributed by atoms with E-state index < -0.39 is 11.2 Å². The molecule has 0 bridgehead atoms. The van der Waals surface area contributed by atoms with Gasteiger partial charge in [-0.2, -0.15) is 0 Å². The van der Waals surface area contributed by atoms with Crippen molar-refractivity contribution in [2.24, 2.45) is 0 Å². The molecule has 0 saturated carbocycles. The van der Waals surface area contributed by atoms with Crippen molar-refractivity contribution in [2.45, 2.75) is 12.3 Å². The van der Waals surface area contributed by atoms with E-state index in [0.29, 0.717) is 5.56 Å². The van der Waals surface area contributed by atoms with Crippen LogP contribution in [0.4, 0.5) is 4.39 Å². The van der Waals surface area contributed by atoms with Gasteiger partial charge in [0.15, 0.2) is 17.3 Å². The van der Waals surface area contributed by atoms with Crippen LogP contribution in [0, 0.1) is 5.82 Å². The number of alkyl halides is 1. The van der Waals surface area contributed by atoms with Gasteiger partial charge in [-0.25, -0.2) is 4.39 Å². The molecular weight excluding hydrogens is 207 g/mol. The number of ketones is 1. The number of halogens is 2. The van der Waals surface area contributed by atoms with Crippen LogP contribution in [0.5, 0.6) is 5.75 Å². The first-order valence-corrected chi connectivity index (χ1v) is 4.51. The second-order valence-electron chi connectivity index (χ2n) is 2.83. The average Bonchev–Trinajstić information content (AvgIpc) is 2.17. The molecular formula is C10H10ClFO2. The molecule has 0 saturated heterocycles. The van der Waals surface area contributed by atoms with Crippen LogP contribution in [0.15, 0.2) is 18.2 Å². The minimum absolute atomic E-state index is 0.0492. The third-order valence-corrected chi connectivity index (χ3v) is 2.00. The van der Waals surface area contributed by atoms with Crippen molar-refractivity contribution in [1.29, 1.82) is 0 Å². The molecule has 0 amide bonds. The quantitative estimate of drug-likeness (QED) is 0.574. The highest BCUT2D eigenvalue weighted by Crippen LogP contribution is 2.19. The van der Waals surface area contributed by atoms with Gasteiger partial charge in [-0.15, -0.1) is 11.6 Å². The monoisotopic (exact) mass is 216 g/mol. The topological polar surface area (TPSA) is 26.3 Å². The Kier molecular flexibility index (Phi) is 3.47. The summed E-state index contributed by atoms with van der Waals surface area (Å²) < 4.78 is 17.7. The fourth-order valence-electron chi connectivity index (χ4n) is 1.04. The molecule has 4 heteroatoms. The lowest BCUT2D eigenvalue weighted by molar-refractivity contribution is 0.0991. The van der Waals surface area contributed by atoms with Gasteiger partial charge in [0.25, 0.3) is 0 Å². The van der Waals surface area contributed by atoms with E-state index in [1.54, 1.807) is 6.92 Å². The maximum absolute atomic E-state index is 13.0. The fraction of sp³-hybridized carbons (Fsp3) is 0.300. The van der Waals surface area contributed by atoms with Crippen molar-refractivity contribution in [3.05, 3.63) is 29.6 Å². The molecule has 0 aliphatic carbocycles. The van der Waals surface area contributed by atoms with E-state index in [-0.39, 0.29) is 11.5 Å². The third kappa shape index (κ3) is 2.23. The van der Waals surface area contributed by atoms with Gasteiger partial charge in [-0.3, -0.25) is 4.79 Å². The number of hydrogen-bond acceptors (Lipinski definition) is 2. The first kappa shape index (κ1) is 11.0. The lowest BCUT2D eigenvalue weighted by Gasteiger charge is -2.05. The van der Waals surface area contributed by atoms with Gasteiger partial charge in [-0.05, 0) is 25.1 Å². The Morgan fingerprint density at radius 3 is 2.71 bits per heavy atom. The molecule has 0 aromatic heterocycles. The molecule has 0 aliphatic rings. The van der Waals surface area contributed by atoms with E-state index in [0.717, 1.165) is 0 Å². The lowest BCUT2D eigenvalue weighted by atomic mass is 10.1. The highest BCUT2D eigenvalue weighted by molar-refractivity contribution is 6.33. The summed E-state index contributed by atoms with van der Waals surface area (Å²) in [6.45, 7) is 1.57. The molecule has 0 radical (unpaired) electrons. The van der Waals surface area contributed by atoms with Gasteiger partial charge in [0.05, 0.1) is 12.5 Å². The summed E-state index contributed by atoms with van der Waals surface area (Å²) >= 11 is 5.61. The number of rotatable bonds is 3. The van der Waals surface area contributed by atoms with Gasteiger partial charge in [0, 0.05) is 5.56 Å². The lowest BCUT2D eigenvalue weighted by Crippen LogP contribution is -2.10. The van der Waals surface area contributed by atoms with Gasteiger partial charge >= 0.3 is 0 Å². The fourth-order valence-corrected chi connectivity index (χ4v) is 1.17. The van der Waals surface area contributed by atoms with Crippen molar-refractivity contribution in [1.82, 2.24) is 0 Å². The minimum Gasteiger partial charge on any atom is -0.494 e. The summed E-state index contributed by atoms with van der Waals surface area (Å²) in [5.41, 5.74) is 0.353. The van der Waals surface area contributed by atoms with E-state index in [1.807, 2.05) is 0 Å². The summed E-state index contributed by atoms with van der Waals surface area (Å²) in [6.07, 6.45) is 0. The SMILES string of the molecule is COc1cc(C(=O)C(C)Cl)ccc1F. The minimum atomic E-state index is -0.620. The predicted molar refractivity (Wildman–Crippen MR) is 52.6 cm³/mol. The van der Waals surface area contributed by atoms with Crippen LogP contribution < -0.4 is 4.74 Å². The molecule has 14 heavy (non-hydrogen) atoms. The maximum Gasteiger partial charge on any atom is 0.180 e. The molecule has 76 valence electrons. The molecule has 1 atom stereocenters. The standard InChI is InChI=1S/C10H10ClFO2/c1-6(11)10(13)7-3-4-8(12)9(5-7)14-2/h3-6H,1-2H3. The Hall–Kier alpha value is -1.09. The zero-order chi connectivity index (χ0) is 10.7. The molecule has 0 spiro atoms. The number of ether oxygens (including phenoxy) is 1. The first-order chi connectivity index (χ1) is 6.56. The summed E-state index contributed by atoms with van der Waals surface area (Å²) in [5.74, 6) is -0.690. The number of carbonyl (C=O) groups is 1. The Bertz CT molecular complexity index is 350. The molecule has 2 nitrogen and oxygen atoms in total. The van der Waals surface area contributed by atoms with Crippen LogP contribution in [-0.4, -0.2) is 18.3 Å². The Morgan fingerprint density at radius 1 is 1.57 bits per heavy atom. The van der Waals surface area contributed by atoms with Crippen LogP contribution in [-0.2, 0) is 0 Å². The average molecular weight is 217 g/mol. The van der Waals surface area contributed by atoms with E-state index in [9.17, 15) is 9.18 Å². The summed E-state index contributed by atoms with van der Waals surface area (Å²) in [6, 6.07) is 3.92. The number of methoxy groups -OCH3 is 1. The van der Waals surface area contributed by atoms with Gasteiger partial charge in [-0.1, -0.05) is 0 Å². The molecule has 1 aromatic rings. The Labute approximate surface area is 86.6 Å². The van der Waals surface area contributed by atoms with Crippen molar-refractivity contribution in [2.75, 3.05) is 7.11 Å². The summed E-state index contributed by atoms with van der Waals surface area (Å²) in [5, 5.41) is -0.620. The van der Waals surface area contributed by atoms with E-state index in [2.05, 4.69) is 0 Å². The number of benzene rings is 1. The van der Waals surface area contributed by atoms with Crippen LogP contribution in [0.25, 0.3) is 0 Å². The van der Waals surface area contributed by atoms with Gasteiger partial charge in [0.1, 0.15) is 0 Å². The van der Waals surface area contributed by atoms with E-state index >= 15 is 0 Å². The van der Waals surface area contributed by atoms with Crippen LogP contribution >= 0.6 is 11.6 Å². The first-order valence-electron chi connectivity index (χ1n) is 4.08. The smallest absolute Gasteiger partial charge is 0.180 e. The summed E-state index contributed by atoms with van der Waals surface area (Å²) in [7, 11) is 1.34. The zero-order valence-corrected chi connectivity index (χ0v) is 8.64. The Morgan fingerprint density at radius 2 is 2.21 bits per heavy atom. The predicted octanol–water partition coefficient (Wildman–Crippen LogP) is 2.64. The van der Waals surface area contributed by atoms with Gasteiger partial charge < -0.3 is 4.74 Å². The zero-order valence-electron chi connectivity index (χ0n) is 7.88. The third-order valence-electron chi connectivity index (χ3n) is 1.80. The van der Waals surface area contributed by atoms with Crippen LogP contribution in [0.1, 0.15) is 17.3 Å². The number of hydrogen-bond donors (Lipinski definition) is 0. The highest BCUT2D eigenvalue weighted by atomic mass is 35.5. The van der Waals surface area contributed by atoms with Crippen molar-refractivity contribution in [3.63, 3.8) is 0 Å². The molecule has 0 aliphatic heterocycles. The van der Waals surface area contributed by atoms with Crippen molar-refractivity contribution >= 4 is 17.4 Å². The Balaban J connectivity index is 3.06. The van der Waals surface area contributed by atoms with Gasteiger partial charge in [0.2, 0.25) is 0 Å². The normalized spacial score (nSPS) is 12.3. The number of carbonyl (C=O) groups excluding carboxylic acids is 1. The second kappa shape index (κ2) is 4.42. The largest absolute Gasteiger partial charge is 0.494 e. The molecule has 0 fully saturated rings. The second-order valence-corrected chi connectivity index (χ2v) is 3.48. The molecule has 0 N–H and O–H groups in total. The van der Waals surface area contributed by atoms with Crippen molar-refractivity contribution < 1.29 is 13.9 Å². The van der Waals surface area contributed by atoms with E-state index in [4.69, 9.17) is 16.3 Å². The molecule has 1 rings (SSSR count). The van der Waals surface area contributed by atoms with E-state index in [1.165, 1.54) is 25.3 Å². The van der Waals surface area contributed by atoms with Crippen LogP contribution in [0.3, 0.4) is 0 Å². The molecule has 1 unspecified atom stereocenters. The molecule has 0 heterocycles.